The number of hydrogen-bond acceptors (Lipinski definition) is 3. The van der Waals surface area contributed by atoms with E-state index in [0.717, 1.165) is 33.6 Å². The number of benzene rings is 5. The van der Waals surface area contributed by atoms with Crippen LogP contribution in [0.15, 0.2) is 146 Å². The summed E-state index contributed by atoms with van der Waals surface area (Å²) in [6.45, 7) is 0. The Labute approximate surface area is 254 Å². The van der Waals surface area contributed by atoms with Gasteiger partial charge in [-0.2, -0.15) is 0 Å². The molecule has 2 aliphatic rings. The maximum atomic E-state index is 5.57. The highest BCUT2D eigenvalue weighted by Crippen LogP contribution is 2.61. The van der Waals surface area contributed by atoms with Gasteiger partial charge in [-0.3, -0.25) is 4.98 Å². The molecule has 3 aromatic heterocycles. The summed E-state index contributed by atoms with van der Waals surface area (Å²) in [5, 5.41) is 2.51. The van der Waals surface area contributed by atoms with E-state index in [1.54, 1.807) is 0 Å². The minimum atomic E-state index is -0.643. The molecule has 1 aliphatic heterocycles. The molecule has 0 saturated heterocycles. The molecule has 0 fully saturated rings. The quantitative estimate of drug-likeness (QED) is 0.212. The van der Waals surface area contributed by atoms with Crippen molar-refractivity contribution in [2.75, 3.05) is 0 Å². The Bertz CT molecular complexity index is 2440. The first kappa shape index (κ1) is 23.7. The minimum absolute atomic E-state index is 0.643. The van der Waals surface area contributed by atoms with Crippen molar-refractivity contribution < 1.29 is 0 Å². The fraction of sp³-hybridized carbons (Fsp3) is 0.0250. The summed E-state index contributed by atoms with van der Waals surface area (Å²) in [6.07, 6.45) is 3.73. The van der Waals surface area contributed by atoms with E-state index in [2.05, 4.69) is 131 Å². The van der Waals surface area contributed by atoms with E-state index in [4.69, 9.17) is 9.97 Å². The van der Waals surface area contributed by atoms with Gasteiger partial charge in [0.15, 0.2) is 5.82 Å². The number of pyridine rings is 1. The van der Waals surface area contributed by atoms with E-state index >= 15 is 0 Å². The summed E-state index contributed by atoms with van der Waals surface area (Å²) in [7, 11) is 0. The molecular weight excluding hydrogens is 536 g/mol. The highest BCUT2D eigenvalue weighted by atomic mass is 15.0. The summed E-state index contributed by atoms with van der Waals surface area (Å²) in [5.41, 5.74) is 12.8. The zero-order valence-corrected chi connectivity index (χ0v) is 23.6. The van der Waals surface area contributed by atoms with Crippen LogP contribution in [-0.4, -0.2) is 19.5 Å². The number of fused-ring (bicyclic) bond motifs is 12. The summed E-state index contributed by atoms with van der Waals surface area (Å²) in [5.74, 6) is 0.714. The third-order valence-electron chi connectivity index (χ3n) is 9.48. The molecule has 44 heavy (non-hydrogen) atoms. The first-order valence-corrected chi connectivity index (χ1v) is 15.0. The number of aromatic nitrogens is 4. The van der Waals surface area contributed by atoms with Gasteiger partial charge in [0.1, 0.15) is 0 Å². The molecular formula is C40H24N4. The first-order valence-electron chi connectivity index (χ1n) is 15.0. The van der Waals surface area contributed by atoms with Crippen LogP contribution in [0.2, 0.25) is 0 Å². The van der Waals surface area contributed by atoms with E-state index in [1.165, 1.54) is 44.2 Å². The van der Waals surface area contributed by atoms with Crippen LogP contribution in [0.5, 0.6) is 0 Å². The molecule has 0 N–H and O–H groups in total. The molecule has 0 saturated carbocycles. The second-order valence-electron chi connectivity index (χ2n) is 11.6. The molecule has 1 spiro atoms. The van der Waals surface area contributed by atoms with Gasteiger partial charge in [-0.1, -0.05) is 109 Å². The van der Waals surface area contributed by atoms with Crippen molar-refractivity contribution in [1.29, 1.82) is 0 Å². The zero-order valence-electron chi connectivity index (χ0n) is 23.6. The largest absolute Gasteiger partial charge is 0.309 e. The lowest BCUT2D eigenvalue weighted by molar-refractivity contribution is 0.720. The van der Waals surface area contributed by atoms with Gasteiger partial charge in [0.2, 0.25) is 0 Å². The monoisotopic (exact) mass is 560 g/mol. The molecule has 204 valence electrons. The highest BCUT2D eigenvalue weighted by molar-refractivity contribution is 6.13. The van der Waals surface area contributed by atoms with Gasteiger partial charge >= 0.3 is 0 Å². The Hall–Kier alpha value is -5.87. The molecule has 0 bridgehead atoms. The lowest BCUT2D eigenvalue weighted by Gasteiger charge is -2.38. The topological polar surface area (TPSA) is 43.6 Å². The van der Waals surface area contributed by atoms with Crippen LogP contribution in [0.1, 0.15) is 22.4 Å². The van der Waals surface area contributed by atoms with Crippen LogP contribution in [0.4, 0.5) is 0 Å². The average molecular weight is 561 g/mol. The standard InChI is InChI=1S/C40H24N4/c1-2-12-25(13-3-1)39-42-36(26-14-11-23-41-24-26)35-29-16-4-6-18-30(29)40(38(35)43-39)31-19-7-9-22-34(31)44-33-21-8-5-15-27(33)28-17-10-20-32(40)37(28)44/h1-24H. The Morgan fingerprint density at radius 3 is 2.16 bits per heavy atom. The molecule has 4 nitrogen and oxygen atoms in total. The van der Waals surface area contributed by atoms with E-state index in [0.29, 0.717) is 5.82 Å². The molecule has 0 amide bonds. The lowest BCUT2D eigenvalue weighted by atomic mass is 9.67. The minimum Gasteiger partial charge on any atom is -0.309 e. The Balaban J connectivity index is 1.45. The number of nitrogens with zero attached hydrogens (tertiary/aromatic N) is 4. The Morgan fingerprint density at radius 2 is 1.27 bits per heavy atom. The maximum absolute atomic E-state index is 5.57. The average Bonchev–Trinajstić information content (AvgIpc) is 3.59. The van der Waals surface area contributed by atoms with Gasteiger partial charge in [-0.05, 0) is 46.5 Å². The van der Waals surface area contributed by atoms with Gasteiger partial charge in [0.25, 0.3) is 0 Å². The number of para-hydroxylation sites is 3. The van der Waals surface area contributed by atoms with Crippen molar-refractivity contribution in [2.24, 2.45) is 0 Å². The van der Waals surface area contributed by atoms with E-state index in [9.17, 15) is 0 Å². The normalized spacial score (nSPS) is 15.8. The molecule has 0 radical (unpaired) electrons. The number of rotatable bonds is 2. The van der Waals surface area contributed by atoms with Crippen molar-refractivity contribution in [2.45, 2.75) is 5.41 Å². The van der Waals surface area contributed by atoms with E-state index in [1.807, 2.05) is 24.5 Å². The van der Waals surface area contributed by atoms with Gasteiger partial charge < -0.3 is 4.57 Å². The maximum Gasteiger partial charge on any atom is 0.160 e. The van der Waals surface area contributed by atoms with Crippen molar-refractivity contribution in [1.82, 2.24) is 19.5 Å². The highest BCUT2D eigenvalue weighted by Gasteiger charge is 2.53. The molecule has 10 rings (SSSR count). The van der Waals surface area contributed by atoms with Crippen molar-refractivity contribution >= 4 is 21.8 Å². The molecule has 1 aliphatic carbocycles. The summed E-state index contributed by atoms with van der Waals surface area (Å²) < 4.78 is 2.46. The summed E-state index contributed by atoms with van der Waals surface area (Å²) >= 11 is 0. The van der Waals surface area contributed by atoms with Crippen LogP contribution in [0.3, 0.4) is 0 Å². The fourth-order valence-electron chi connectivity index (χ4n) is 7.82. The van der Waals surface area contributed by atoms with Crippen molar-refractivity contribution in [3.8, 4) is 39.5 Å². The molecule has 5 aromatic carbocycles. The van der Waals surface area contributed by atoms with Crippen LogP contribution in [0, 0.1) is 0 Å². The van der Waals surface area contributed by atoms with Crippen LogP contribution in [0.25, 0.3) is 61.3 Å². The van der Waals surface area contributed by atoms with E-state index in [-0.39, 0.29) is 0 Å². The zero-order chi connectivity index (χ0) is 28.8. The predicted molar refractivity (Wildman–Crippen MR) is 176 cm³/mol. The second kappa shape index (κ2) is 8.59. The van der Waals surface area contributed by atoms with Crippen LogP contribution >= 0.6 is 0 Å². The molecule has 4 heterocycles. The van der Waals surface area contributed by atoms with E-state index < -0.39 is 5.41 Å². The molecule has 1 unspecified atom stereocenters. The van der Waals surface area contributed by atoms with Gasteiger partial charge in [0.05, 0.1) is 33.5 Å². The summed E-state index contributed by atoms with van der Waals surface area (Å²) in [4.78, 5) is 15.4. The Kier molecular flexibility index (Phi) is 4.62. The smallest absolute Gasteiger partial charge is 0.160 e. The van der Waals surface area contributed by atoms with Gasteiger partial charge in [-0.25, -0.2) is 9.97 Å². The molecule has 1 atom stereocenters. The van der Waals surface area contributed by atoms with Crippen LogP contribution < -0.4 is 0 Å². The predicted octanol–water partition coefficient (Wildman–Crippen LogP) is 8.98. The number of hydrogen-bond donors (Lipinski definition) is 0. The van der Waals surface area contributed by atoms with Gasteiger partial charge in [0, 0.05) is 39.9 Å². The SMILES string of the molecule is c1ccc(-c2nc(-c3cccnc3)c3c(n2)C2(c4ccccc4-3)c3ccccc3-n3c4ccccc4c4cccc2c43)cc1. The third kappa shape index (κ3) is 2.85. The molecule has 4 heteroatoms. The molecule has 8 aromatic rings. The van der Waals surface area contributed by atoms with Crippen molar-refractivity contribution in [3.63, 3.8) is 0 Å². The Morgan fingerprint density at radius 1 is 0.545 bits per heavy atom. The summed E-state index contributed by atoms with van der Waals surface area (Å²) in [6, 6.07) is 47.7. The van der Waals surface area contributed by atoms with Gasteiger partial charge in [-0.15, -0.1) is 0 Å². The fourth-order valence-corrected chi connectivity index (χ4v) is 7.82. The van der Waals surface area contributed by atoms with Crippen molar-refractivity contribution in [3.05, 3.63) is 168 Å². The lowest BCUT2D eigenvalue weighted by Crippen LogP contribution is -2.34. The third-order valence-corrected chi connectivity index (χ3v) is 9.48. The first-order chi connectivity index (χ1) is 21.9. The van der Waals surface area contributed by atoms with Crippen LogP contribution in [-0.2, 0) is 5.41 Å². The second-order valence-corrected chi connectivity index (χ2v) is 11.6.